The quantitative estimate of drug-likeness (QED) is 0.301. The second-order valence-corrected chi connectivity index (χ2v) is 12.1. The van der Waals surface area contributed by atoms with Gasteiger partial charge in [-0.15, -0.1) is 0 Å². The Balaban J connectivity index is 1.30. The molecule has 2 aliphatic heterocycles. The Bertz CT molecular complexity index is 1130. The molecule has 3 heterocycles. The molecule has 9 nitrogen and oxygen atoms in total. The van der Waals surface area contributed by atoms with E-state index in [1.165, 1.54) is 11.8 Å². The van der Waals surface area contributed by atoms with Crippen molar-refractivity contribution in [3.63, 3.8) is 0 Å². The molecule has 1 unspecified atom stereocenters. The molecule has 0 saturated carbocycles. The van der Waals surface area contributed by atoms with Crippen molar-refractivity contribution < 1.29 is 14.3 Å². The van der Waals surface area contributed by atoms with E-state index in [9.17, 15) is 9.59 Å². The molecule has 1 aromatic carbocycles. The molecule has 0 N–H and O–H groups in total. The van der Waals surface area contributed by atoms with Crippen LogP contribution in [0.3, 0.4) is 0 Å². The minimum atomic E-state index is -0.409. The van der Waals surface area contributed by atoms with Gasteiger partial charge in [0.15, 0.2) is 5.16 Å². The molecule has 38 heavy (non-hydrogen) atoms. The maximum absolute atomic E-state index is 12.9. The SMILES string of the molecule is COc1ccc(N2CCN(C(=O)CSc3nc(Cl)cc(N4CCN(C(=O)C(C)(C)C)C(C)C4)n3)CC2)cc1. The number of nitrogens with zero attached hydrogens (tertiary/aromatic N) is 6. The van der Waals surface area contributed by atoms with Gasteiger partial charge in [0.2, 0.25) is 11.8 Å². The van der Waals surface area contributed by atoms with Gasteiger partial charge in [-0.1, -0.05) is 44.1 Å². The molecule has 4 rings (SSSR count). The maximum atomic E-state index is 12.9. The summed E-state index contributed by atoms with van der Waals surface area (Å²) >= 11 is 7.65. The van der Waals surface area contributed by atoms with Crippen molar-refractivity contribution in [3.05, 3.63) is 35.5 Å². The number of hydrogen-bond acceptors (Lipinski definition) is 8. The Morgan fingerprint density at radius 3 is 2.29 bits per heavy atom. The summed E-state index contributed by atoms with van der Waals surface area (Å²) in [6, 6.07) is 9.80. The molecule has 2 fully saturated rings. The lowest BCUT2D eigenvalue weighted by Crippen LogP contribution is -2.56. The first kappa shape index (κ1) is 28.3. The average Bonchev–Trinajstić information content (AvgIpc) is 2.90. The van der Waals surface area contributed by atoms with Crippen LogP contribution in [-0.4, -0.2) is 96.3 Å². The van der Waals surface area contributed by atoms with Crippen LogP contribution in [0.25, 0.3) is 0 Å². The molecule has 0 bridgehead atoms. The Hall–Kier alpha value is -2.72. The Morgan fingerprint density at radius 2 is 1.68 bits per heavy atom. The van der Waals surface area contributed by atoms with Gasteiger partial charge >= 0.3 is 0 Å². The number of anilines is 2. The third-order valence-corrected chi connectivity index (χ3v) is 7.94. The van der Waals surface area contributed by atoms with Crippen LogP contribution in [0.1, 0.15) is 27.7 Å². The minimum Gasteiger partial charge on any atom is -0.497 e. The highest BCUT2D eigenvalue weighted by atomic mass is 35.5. The first-order chi connectivity index (χ1) is 18.0. The normalized spacial score (nSPS) is 18.5. The number of halogens is 1. The van der Waals surface area contributed by atoms with Crippen molar-refractivity contribution in [1.29, 1.82) is 0 Å². The number of rotatable bonds is 6. The van der Waals surface area contributed by atoms with Crippen LogP contribution in [0.2, 0.25) is 5.15 Å². The van der Waals surface area contributed by atoms with Crippen LogP contribution in [-0.2, 0) is 9.59 Å². The van der Waals surface area contributed by atoms with Gasteiger partial charge in [0.05, 0.1) is 12.9 Å². The van der Waals surface area contributed by atoms with E-state index in [1.54, 1.807) is 13.2 Å². The summed E-state index contributed by atoms with van der Waals surface area (Å²) in [5, 5.41) is 0.831. The van der Waals surface area contributed by atoms with Crippen molar-refractivity contribution in [2.24, 2.45) is 5.41 Å². The Labute approximate surface area is 234 Å². The molecule has 2 aromatic rings. The first-order valence-electron chi connectivity index (χ1n) is 13.0. The number of amides is 2. The van der Waals surface area contributed by atoms with Crippen LogP contribution in [0.4, 0.5) is 11.5 Å². The summed E-state index contributed by atoms with van der Waals surface area (Å²) in [6.07, 6.45) is 0. The standard InChI is InChI=1S/C27H37ClN6O3S/c1-19-17-33(14-15-34(19)25(36)27(2,3)4)23-16-22(28)29-26(30-23)38-18-24(35)32-12-10-31(11-13-32)20-6-8-21(37-5)9-7-20/h6-9,16,19H,10-15,17-18H2,1-5H3. The van der Waals surface area contributed by atoms with Crippen LogP contribution < -0.4 is 14.5 Å². The summed E-state index contributed by atoms with van der Waals surface area (Å²) in [5.41, 5.74) is 0.720. The second kappa shape index (κ2) is 12.0. The zero-order valence-electron chi connectivity index (χ0n) is 22.8. The fourth-order valence-corrected chi connectivity index (χ4v) is 5.72. The lowest BCUT2D eigenvalue weighted by Gasteiger charge is -2.42. The lowest BCUT2D eigenvalue weighted by molar-refractivity contribution is -0.142. The van der Waals surface area contributed by atoms with Crippen molar-refractivity contribution >= 4 is 46.7 Å². The summed E-state index contributed by atoms with van der Waals surface area (Å²) in [5.74, 6) is 2.04. The fraction of sp³-hybridized carbons (Fsp3) is 0.556. The van der Waals surface area contributed by atoms with Gasteiger partial charge < -0.3 is 24.3 Å². The van der Waals surface area contributed by atoms with E-state index in [0.29, 0.717) is 43.0 Å². The molecule has 2 amide bonds. The van der Waals surface area contributed by atoms with E-state index >= 15 is 0 Å². The zero-order chi connectivity index (χ0) is 27.4. The third-order valence-electron chi connectivity index (χ3n) is 6.91. The molecular formula is C27H37ClN6O3S. The largest absolute Gasteiger partial charge is 0.497 e. The van der Waals surface area contributed by atoms with E-state index in [1.807, 2.05) is 54.8 Å². The van der Waals surface area contributed by atoms with Gasteiger partial charge in [0.25, 0.3) is 0 Å². The van der Waals surface area contributed by atoms with Gasteiger partial charge in [-0.25, -0.2) is 9.97 Å². The van der Waals surface area contributed by atoms with Crippen LogP contribution in [0, 0.1) is 5.41 Å². The molecule has 0 radical (unpaired) electrons. The van der Waals surface area contributed by atoms with E-state index in [4.69, 9.17) is 21.3 Å². The second-order valence-electron chi connectivity index (χ2n) is 10.7. The third kappa shape index (κ3) is 6.83. The summed E-state index contributed by atoms with van der Waals surface area (Å²) in [4.78, 5) is 43.0. The molecule has 2 saturated heterocycles. The minimum absolute atomic E-state index is 0.0541. The maximum Gasteiger partial charge on any atom is 0.233 e. The molecule has 11 heteroatoms. The van der Waals surface area contributed by atoms with Crippen molar-refractivity contribution in [2.45, 2.75) is 38.9 Å². The van der Waals surface area contributed by atoms with Gasteiger partial charge in [0.1, 0.15) is 16.7 Å². The number of hydrogen-bond donors (Lipinski definition) is 0. The number of piperazine rings is 2. The van der Waals surface area contributed by atoms with E-state index < -0.39 is 5.41 Å². The van der Waals surface area contributed by atoms with Crippen LogP contribution in [0.15, 0.2) is 35.5 Å². The highest BCUT2D eigenvalue weighted by Gasteiger charge is 2.34. The Morgan fingerprint density at radius 1 is 1.03 bits per heavy atom. The lowest BCUT2D eigenvalue weighted by atomic mass is 9.93. The number of methoxy groups -OCH3 is 1. The van der Waals surface area contributed by atoms with E-state index in [2.05, 4.69) is 21.7 Å². The smallest absolute Gasteiger partial charge is 0.233 e. The predicted molar refractivity (Wildman–Crippen MR) is 152 cm³/mol. The van der Waals surface area contributed by atoms with E-state index in [0.717, 1.165) is 30.3 Å². The zero-order valence-corrected chi connectivity index (χ0v) is 24.4. The molecule has 1 aromatic heterocycles. The van der Waals surface area contributed by atoms with E-state index in [-0.39, 0.29) is 23.6 Å². The molecule has 2 aliphatic rings. The summed E-state index contributed by atoms with van der Waals surface area (Å²) < 4.78 is 5.24. The Kier molecular flexibility index (Phi) is 8.92. The predicted octanol–water partition coefficient (Wildman–Crippen LogP) is 3.66. The highest BCUT2D eigenvalue weighted by molar-refractivity contribution is 7.99. The summed E-state index contributed by atoms with van der Waals surface area (Å²) in [7, 11) is 1.66. The topological polar surface area (TPSA) is 82.1 Å². The molecule has 206 valence electrons. The van der Waals surface area contributed by atoms with Gasteiger partial charge in [-0.3, -0.25) is 9.59 Å². The molecule has 0 aliphatic carbocycles. The fourth-order valence-electron chi connectivity index (χ4n) is 4.73. The van der Waals surface area contributed by atoms with Crippen molar-refractivity contribution in [1.82, 2.24) is 19.8 Å². The highest BCUT2D eigenvalue weighted by Crippen LogP contribution is 2.27. The number of aromatic nitrogens is 2. The molecule has 0 spiro atoms. The van der Waals surface area contributed by atoms with Crippen LogP contribution >= 0.6 is 23.4 Å². The van der Waals surface area contributed by atoms with Gasteiger partial charge in [0, 0.05) is 69.0 Å². The van der Waals surface area contributed by atoms with Gasteiger partial charge in [-0.2, -0.15) is 0 Å². The number of carbonyl (C=O) groups excluding carboxylic acids is 2. The van der Waals surface area contributed by atoms with Gasteiger partial charge in [-0.05, 0) is 31.2 Å². The van der Waals surface area contributed by atoms with Crippen molar-refractivity contribution in [2.75, 3.05) is 68.5 Å². The molecular weight excluding hydrogens is 524 g/mol. The number of benzene rings is 1. The molecule has 1 atom stereocenters. The summed E-state index contributed by atoms with van der Waals surface area (Å²) in [6.45, 7) is 12.8. The van der Waals surface area contributed by atoms with Crippen molar-refractivity contribution in [3.8, 4) is 5.75 Å². The number of carbonyl (C=O) groups is 2. The first-order valence-corrected chi connectivity index (χ1v) is 14.3. The number of thioether (sulfide) groups is 1. The number of ether oxygens (including phenoxy) is 1. The average molecular weight is 561 g/mol. The van der Waals surface area contributed by atoms with Crippen LogP contribution in [0.5, 0.6) is 5.75 Å². The monoisotopic (exact) mass is 560 g/mol.